The molecule has 21 heavy (non-hydrogen) atoms. The Morgan fingerprint density at radius 3 is 2.43 bits per heavy atom. The number of hydrogen-bond acceptors (Lipinski definition) is 5. The SMILES string of the molecule is CCc1ncc(C(=O)N[C@H](CC)c2nc(C)c(C)s2)cn1. The molecule has 0 bridgehead atoms. The molecular weight excluding hydrogens is 284 g/mol. The number of thiazole rings is 1. The van der Waals surface area contributed by atoms with Crippen molar-refractivity contribution in [1.29, 1.82) is 0 Å². The van der Waals surface area contributed by atoms with E-state index in [9.17, 15) is 4.79 Å². The van der Waals surface area contributed by atoms with Crippen LogP contribution < -0.4 is 5.32 Å². The average Bonchev–Trinajstić information content (AvgIpc) is 2.84. The van der Waals surface area contributed by atoms with Crippen molar-refractivity contribution >= 4 is 17.2 Å². The predicted molar refractivity (Wildman–Crippen MR) is 83.5 cm³/mol. The molecule has 1 amide bonds. The van der Waals surface area contributed by atoms with Crippen molar-refractivity contribution in [2.75, 3.05) is 0 Å². The molecule has 2 aromatic rings. The van der Waals surface area contributed by atoms with Gasteiger partial charge in [-0.1, -0.05) is 13.8 Å². The van der Waals surface area contributed by atoms with E-state index in [0.29, 0.717) is 5.56 Å². The van der Waals surface area contributed by atoms with Gasteiger partial charge in [-0.25, -0.2) is 15.0 Å². The Morgan fingerprint density at radius 2 is 1.95 bits per heavy atom. The van der Waals surface area contributed by atoms with E-state index in [1.54, 1.807) is 23.7 Å². The van der Waals surface area contributed by atoms with Crippen molar-refractivity contribution in [2.24, 2.45) is 0 Å². The second-order valence-electron chi connectivity index (χ2n) is 4.87. The Labute approximate surface area is 128 Å². The van der Waals surface area contributed by atoms with Gasteiger partial charge in [-0.05, 0) is 20.3 Å². The topological polar surface area (TPSA) is 67.8 Å². The fourth-order valence-corrected chi connectivity index (χ4v) is 2.94. The van der Waals surface area contributed by atoms with E-state index in [1.807, 2.05) is 27.7 Å². The van der Waals surface area contributed by atoms with Gasteiger partial charge in [-0.3, -0.25) is 4.79 Å². The predicted octanol–water partition coefficient (Wildman–Crippen LogP) is 2.99. The van der Waals surface area contributed by atoms with E-state index in [2.05, 4.69) is 20.3 Å². The van der Waals surface area contributed by atoms with Gasteiger partial charge in [0.1, 0.15) is 10.8 Å². The van der Waals surface area contributed by atoms with Crippen LogP contribution in [0.4, 0.5) is 0 Å². The number of rotatable bonds is 5. The van der Waals surface area contributed by atoms with Gasteiger partial charge >= 0.3 is 0 Å². The Bertz CT molecular complexity index is 602. The van der Waals surface area contributed by atoms with Crippen LogP contribution in [0.25, 0.3) is 0 Å². The first kappa shape index (κ1) is 15.6. The molecule has 0 aromatic carbocycles. The molecule has 0 spiro atoms. The smallest absolute Gasteiger partial charge is 0.254 e. The number of hydrogen-bond donors (Lipinski definition) is 1. The van der Waals surface area contributed by atoms with Gasteiger partial charge in [-0.15, -0.1) is 11.3 Å². The summed E-state index contributed by atoms with van der Waals surface area (Å²) >= 11 is 1.63. The molecule has 0 aliphatic heterocycles. The highest BCUT2D eigenvalue weighted by Crippen LogP contribution is 2.25. The maximum atomic E-state index is 12.3. The Kier molecular flexibility index (Phi) is 5.01. The molecule has 0 radical (unpaired) electrons. The van der Waals surface area contributed by atoms with Gasteiger partial charge in [0.15, 0.2) is 0 Å². The lowest BCUT2D eigenvalue weighted by atomic mass is 10.2. The highest BCUT2D eigenvalue weighted by Gasteiger charge is 2.18. The first-order valence-electron chi connectivity index (χ1n) is 7.10. The van der Waals surface area contributed by atoms with Crippen LogP contribution in [-0.2, 0) is 6.42 Å². The number of aromatic nitrogens is 3. The molecule has 0 saturated heterocycles. The summed E-state index contributed by atoms with van der Waals surface area (Å²) in [6.45, 7) is 8.05. The van der Waals surface area contributed by atoms with Gasteiger partial charge in [-0.2, -0.15) is 0 Å². The fourth-order valence-electron chi connectivity index (χ4n) is 1.88. The van der Waals surface area contributed by atoms with Crippen LogP contribution in [0, 0.1) is 13.8 Å². The minimum Gasteiger partial charge on any atom is -0.343 e. The molecule has 1 atom stereocenters. The number of carbonyl (C=O) groups excluding carboxylic acids is 1. The maximum absolute atomic E-state index is 12.3. The number of amides is 1. The molecule has 1 N–H and O–H groups in total. The van der Waals surface area contributed by atoms with E-state index in [1.165, 1.54) is 4.88 Å². The van der Waals surface area contributed by atoms with Crippen molar-refractivity contribution in [3.63, 3.8) is 0 Å². The number of aryl methyl sites for hydroxylation is 3. The Hall–Kier alpha value is -1.82. The zero-order valence-electron chi connectivity index (χ0n) is 12.8. The van der Waals surface area contributed by atoms with Gasteiger partial charge in [0.2, 0.25) is 0 Å². The third-order valence-electron chi connectivity index (χ3n) is 3.34. The summed E-state index contributed by atoms with van der Waals surface area (Å²) in [7, 11) is 0. The standard InChI is InChI=1S/C15H20N4OS/c1-5-12(15-18-9(3)10(4)21-15)19-14(20)11-7-16-13(6-2)17-8-11/h7-8,12H,5-6H2,1-4H3,(H,19,20)/t12-/m1/s1. The van der Waals surface area contributed by atoms with E-state index in [4.69, 9.17) is 0 Å². The Morgan fingerprint density at radius 1 is 1.29 bits per heavy atom. The van der Waals surface area contributed by atoms with Crippen molar-refractivity contribution < 1.29 is 4.79 Å². The summed E-state index contributed by atoms with van der Waals surface area (Å²) in [6, 6.07) is -0.0687. The minimum absolute atomic E-state index is 0.0687. The summed E-state index contributed by atoms with van der Waals surface area (Å²) in [4.78, 5) is 26.3. The molecule has 0 aliphatic rings. The molecule has 2 aromatic heterocycles. The van der Waals surface area contributed by atoms with Gasteiger partial charge in [0, 0.05) is 23.7 Å². The van der Waals surface area contributed by atoms with Crippen molar-refractivity contribution in [3.05, 3.63) is 39.4 Å². The molecule has 2 rings (SSSR count). The second-order valence-corrected chi connectivity index (χ2v) is 6.10. The quantitative estimate of drug-likeness (QED) is 0.922. The monoisotopic (exact) mass is 304 g/mol. The van der Waals surface area contributed by atoms with Crippen LogP contribution in [-0.4, -0.2) is 20.9 Å². The first-order chi connectivity index (χ1) is 10.0. The Balaban J connectivity index is 2.11. The second kappa shape index (κ2) is 6.76. The molecule has 6 heteroatoms. The van der Waals surface area contributed by atoms with E-state index >= 15 is 0 Å². The third kappa shape index (κ3) is 3.64. The summed E-state index contributed by atoms with van der Waals surface area (Å²) in [5, 5.41) is 3.96. The molecule has 5 nitrogen and oxygen atoms in total. The lowest BCUT2D eigenvalue weighted by Gasteiger charge is -2.14. The average molecular weight is 304 g/mol. The zero-order valence-corrected chi connectivity index (χ0v) is 13.6. The van der Waals surface area contributed by atoms with Crippen LogP contribution in [0.5, 0.6) is 0 Å². The summed E-state index contributed by atoms with van der Waals surface area (Å²) in [6.07, 6.45) is 4.71. The summed E-state index contributed by atoms with van der Waals surface area (Å²) < 4.78 is 0. The largest absolute Gasteiger partial charge is 0.343 e. The molecule has 0 unspecified atom stereocenters. The lowest BCUT2D eigenvalue weighted by molar-refractivity contribution is 0.0934. The first-order valence-corrected chi connectivity index (χ1v) is 7.92. The van der Waals surface area contributed by atoms with E-state index in [-0.39, 0.29) is 11.9 Å². The maximum Gasteiger partial charge on any atom is 0.254 e. The minimum atomic E-state index is -0.157. The third-order valence-corrected chi connectivity index (χ3v) is 4.53. The van der Waals surface area contributed by atoms with Crippen molar-refractivity contribution in [1.82, 2.24) is 20.3 Å². The molecule has 112 valence electrons. The highest BCUT2D eigenvalue weighted by molar-refractivity contribution is 7.11. The molecule has 0 aliphatic carbocycles. The zero-order chi connectivity index (χ0) is 15.4. The number of nitrogens with zero attached hydrogens (tertiary/aromatic N) is 3. The van der Waals surface area contributed by atoms with Crippen LogP contribution in [0.3, 0.4) is 0 Å². The van der Waals surface area contributed by atoms with E-state index < -0.39 is 0 Å². The highest BCUT2D eigenvalue weighted by atomic mass is 32.1. The molecular formula is C15H20N4OS. The van der Waals surface area contributed by atoms with Crippen molar-refractivity contribution in [3.8, 4) is 0 Å². The van der Waals surface area contributed by atoms with Gasteiger partial charge < -0.3 is 5.32 Å². The number of carbonyl (C=O) groups is 1. The van der Waals surface area contributed by atoms with Crippen LogP contribution >= 0.6 is 11.3 Å². The normalized spacial score (nSPS) is 12.2. The van der Waals surface area contributed by atoms with Gasteiger partial charge in [0.05, 0.1) is 17.3 Å². The van der Waals surface area contributed by atoms with Crippen LogP contribution in [0.15, 0.2) is 12.4 Å². The van der Waals surface area contributed by atoms with Gasteiger partial charge in [0.25, 0.3) is 5.91 Å². The van der Waals surface area contributed by atoms with Crippen LogP contribution in [0.2, 0.25) is 0 Å². The molecule has 0 fully saturated rings. The summed E-state index contributed by atoms with van der Waals surface area (Å²) in [5.74, 6) is 0.583. The number of nitrogens with one attached hydrogen (secondary N) is 1. The molecule has 0 saturated carbocycles. The van der Waals surface area contributed by atoms with Crippen molar-refractivity contribution in [2.45, 2.75) is 46.6 Å². The van der Waals surface area contributed by atoms with E-state index in [0.717, 1.165) is 29.4 Å². The lowest BCUT2D eigenvalue weighted by Crippen LogP contribution is -2.28. The molecule has 2 heterocycles. The summed E-state index contributed by atoms with van der Waals surface area (Å²) in [5.41, 5.74) is 1.51. The fraction of sp³-hybridized carbons (Fsp3) is 0.467. The van der Waals surface area contributed by atoms with Crippen LogP contribution in [0.1, 0.15) is 58.1 Å².